The first-order chi connectivity index (χ1) is 9.58. The number of halogens is 1. The number of benzene rings is 1. The van der Waals surface area contributed by atoms with Crippen molar-refractivity contribution < 1.29 is 4.79 Å². The molecule has 0 aliphatic carbocycles. The lowest BCUT2D eigenvalue weighted by atomic mass is 10.1. The average Bonchev–Trinajstić information content (AvgIpc) is 2.80. The number of H-pyrrole nitrogens is 1. The van der Waals surface area contributed by atoms with E-state index in [2.05, 4.69) is 31.4 Å². The van der Waals surface area contributed by atoms with Crippen molar-refractivity contribution in [1.29, 1.82) is 0 Å². The van der Waals surface area contributed by atoms with E-state index in [1.807, 2.05) is 38.2 Å². The second kappa shape index (κ2) is 6.70. The van der Waals surface area contributed by atoms with Gasteiger partial charge in [0.15, 0.2) is 0 Å². The van der Waals surface area contributed by atoms with Crippen LogP contribution in [0.4, 0.5) is 0 Å². The van der Waals surface area contributed by atoms with E-state index in [0.717, 1.165) is 28.6 Å². The van der Waals surface area contributed by atoms with Gasteiger partial charge >= 0.3 is 0 Å². The van der Waals surface area contributed by atoms with Crippen LogP contribution in [0.15, 0.2) is 28.9 Å². The molecular weight excluding hydrogens is 318 g/mol. The molecule has 0 fully saturated rings. The average molecular weight is 336 g/mol. The lowest BCUT2D eigenvalue weighted by Gasteiger charge is -2.07. The molecule has 106 valence electrons. The number of carbonyl (C=O) groups is 1. The highest BCUT2D eigenvalue weighted by Gasteiger charge is 2.09. The second-order valence-corrected chi connectivity index (χ2v) is 5.72. The number of aromatic amines is 1. The molecular formula is C15H18BrN3O. The number of hydrogen-bond donors (Lipinski definition) is 2. The Bertz CT molecular complexity index is 607. The number of rotatable bonds is 5. The molecule has 0 saturated heterocycles. The van der Waals surface area contributed by atoms with Crippen molar-refractivity contribution in [2.24, 2.45) is 0 Å². The summed E-state index contributed by atoms with van der Waals surface area (Å²) in [6.45, 7) is 4.66. The first-order valence-electron chi connectivity index (χ1n) is 6.61. The minimum atomic E-state index is -0.0409. The van der Waals surface area contributed by atoms with Gasteiger partial charge in [-0.2, -0.15) is 5.10 Å². The van der Waals surface area contributed by atoms with Crippen LogP contribution in [0.2, 0.25) is 0 Å². The molecule has 0 aliphatic rings. The largest absolute Gasteiger partial charge is 0.352 e. The van der Waals surface area contributed by atoms with Crippen molar-refractivity contribution in [2.75, 3.05) is 6.54 Å². The molecule has 1 aromatic heterocycles. The van der Waals surface area contributed by atoms with Crippen LogP contribution in [-0.4, -0.2) is 22.6 Å². The van der Waals surface area contributed by atoms with Crippen molar-refractivity contribution in [3.8, 4) is 0 Å². The quantitative estimate of drug-likeness (QED) is 0.824. The Kier molecular flexibility index (Phi) is 4.95. The molecule has 2 N–H and O–H groups in total. The number of aryl methyl sites for hydroxylation is 3. The van der Waals surface area contributed by atoms with Crippen molar-refractivity contribution >= 4 is 21.8 Å². The van der Waals surface area contributed by atoms with Crippen molar-refractivity contribution in [3.05, 3.63) is 51.3 Å². The molecule has 0 saturated carbocycles. The highest BCUT2D eigenvalue weighted by atomic mass is 79.9. The Hall–Kier alpha value is -1.62. The minimum Gasteiger partial charge on any atom is -0.352 e. The predicted octanol–water partition coefficient (Wildman–Crippen LogP) is 3.15. The summed E-state index contributed by atoms with van der Waals surface area (Å²) in [5.41, 5.74) is 4.10. The van der Waals surface area contributed by atoms with E-state index in [9.17, 15) is 4.79 Å². The SMILES string of the molecule is Cc1ccc(C(=O)NCCCc2cn[nH]c2C)c(Br)c1. The van der Waals surface area contributed by atoms with E-state index < -0.39 is 0 Å². The van der Waals surface area contributed by atoms with Crippen molar-refractivity contribution in [2.45, 2.75) is 26.7 Å². The van der Waals surface area contributed by atoms with E-state index in [1.54, 1.807) is 0 Å². The third kappa shape index (κ3) is 3.70. The molecule has 0 aliphatic heterocycles. The lowest BCUT2D eigenvalue weighted by molar-refractivity contribution is 0.0952. The molecule has 1 aromatic carbocycles. The van der Waals surface area contributed by atoms with Gasteiger partial charge in [-0.1, -0.05) is 6.07 Å². The molecule has 1 amide bonds. The third-order valence-corrected chi connectivity index (χ3v) is 3.87. The molecule has 0 unspecified atom stereocenters. The Morgan fingerprint density at radius 2 is 2.20 bits per heavy atom. The number of amides is 1. The zero-order valence-corrected chi connectivity index (χ0v) is 13.3. The maximum Gasteiger partial charge on any atom is 0.252 e. The summed E-state index contributed by atoms with van der Waals surface area (Å²) in [5.74, 6) is -0.0409. The fourth-order valence-corrected chi connectivity index (χ4v) is 2.68. The fourth-order valence-electron chi connectivity index (χ4n) is 2.01. The molecule has 2 rings (SSSR count). The van der Waals surface area contributed by atoms with Crippen LogP contribution in [0.3, 0.4) is 0 Å². The molecule has 0 spiro atoms. The standard InChI is InChI=1S/C15H18BrN3O/c1-10-5-6-13(14(16)8-10)15(20)17-7-3-4-12-9-18-19-11(12)2/h5-6,8-9H,3-4,7H2,1-2H3,(H,17,20)(H,18,19). The first-order valence-corrected chi connectivity index (χ1v) is 7.40. The zero-order chi connectivity index (χ0) is 14.5. The van der Waals surface area contributed by atoms with Gasteiger partial charge in [0, 0.05) is 16.7 Å². The Balaban J connectivity index is 1.82. The number of nitrogens with one attached hydrogen (secondary N) is 2. The maximum absolute atomic E-state index is 12.0. The molecule has 5 heteroatoms. The zero-order valence-electron chi connectivity index (χ0n) is 11.7. The van der Waals surface area contributed by atoms with Crippen LogP contribution < -0.4 is 5.32 Å². The van der Waals surface area contributed by atoms with Crippen LogP contribution in [0.5, 0.6) is 0 Å². The summed E-state index contributed by atoms with van der Waals surface area (Å²) in [7, 11) is 0. The van der Waals surface area contributed by atoms with Gasteiger partial charge in [0.2, 0.25) is 0 Å². The van der Waals surface area contributed by atoms with Crippen molar-refractivity contribution in [3.63, 3.8) is 0 Å². The Morgan fingerprint density at radius 1 is 1.40 bits per heavy atom. The highest BCUT2D eigenvalue weighted by molar-refractivity contribution is 9.10. The van der Waals surface area contributed by atoms with Gasteiger partial charge in [-0.25, -0.2) is 0 Å². The third-order valence-electron chi connectivity index (χ3n) is 3.21. The van der Waals surface area contributed by atoms with Gasteiger partial charge in [0.25, 0.3) is 5.91 Å². The van der Waals surface area contributed by atoms with Gasteiger partial charge in [0.1, 0.15) is 0 Å². The number of nitrogens with zero attached hydrogens (tertiary/aromatic N) is 1. The van der Waals surface area contributed by atoms with Crippen LogP contribution in [-0.2, 0) is 6.42 Å². The Morgan fingerprint density at radius 3 is 2.85 bits per heavy atom. The molecule has 20 heavy (non-hydrogen) atoms. The molecule has 4 nitrogen and oxygen atoms in total. The van der Waals surface area contributed by atoms with Crippen LogP contribution in [0.1, 0.15) is 33.6 Å². The topological polar surface area (TPSA) is 57.8 Å². The van der Waals surface area contributed by atoms with E-state index in [0.29, 0.717) is 12.1 Å². The first kappa shape index (κ1) is 14.8. The fraction of sp³-hybridized carbons (Fsp3) is 0.333. The summed E-state index contributed by atoms with van der Waals surface area (Å²) in [6, 6.07) is 5.73. The summed E-state index contributed by atoms with van der Waals surface area (Å²) in [5, 5.41) is 9.84. The molecule has 0 radical (unpaired) electrons. The smallest absolute Gasteiger partial charge is 0.252 e. The van der Waals surface area contributed by atoms with E-state index in [-0.39, 0.29) is 5.91 Å². The van der Waals surface area contributed by atoms with Gasteiger partial charge in [-0.3, -0.25) is 9.89 Å². The van der Waals surface area contributed by atoms with Gasteiger partial charge in [-0.05, 0) is 65.9 Å². The van der Waals surface area contributed by atoms with Crippen LogP contribution >= 0.6 is 15.9 Å². The Labute approximate surface area is 127 Å². The summed E-state index contributed by atoms with van der Waals surface area (Å²) in [6.07, 6.45) is 3.65. The monoisotopic (exact) mass is 335 g/mol. The van der Waals surface area contributed by atoms with Gasteiger partial charge in [0.05, 0.1) is 11.8 Å². The second-order valence-electron chi connectivity index (χ2n) is 4.86. The van der Waals surface area contributed by atoms with Crippen molar-refractivity contribution in [1.82, 2.24) is 15.5 Å². The van der Waals surface area contributed by atoms with E-state index in [4.69, 9.17) is 0 Å². The molecule has 0 atom stereocenters. The van der Waals surface area contributed by atoms with Gasteiger partial charge in [-0.15, -0.1) is 0 Å². The van der Waals surface area contributed by atoms with E-state index in [1.165, 1.54) is 5.56 Å². The number of hydrogen-bond acceptors (Lipinski definition) is 2. The minimum absolute atomic E-state index is 0.0409. The number of aromatic nitrogens is 2. The maximum atomic E-state index is 12.0. The molecule has 1 heterocycles. The highest BCUT2D eigenvalue weighted by Crippen LogP contribution is 2.18. The molecule has 2 aromatic rings. The molecule has 0 bridgehead atoms. The van der Waals surface area contributed by atoms with Crippen LogP contribution in [0, 0.1) is 13.8 Å². The number of carbonyl (C=O) groups excluding carboxylic acids is 1. The lowest BCUT2D eigenvalue weighted by Crippen LogP contribution is -2.25. The van der Waals surface area contributed by atoms with E-state index >= 15 is 0 Å². The predicted molar refractivity (Wildman–Crippen MR) is 82.9 cm³/mol. The van der Waals surface area contributed by atoms with Crippen LogP contribution in [0.25, 0.3) is 0 Å². The summed E-state index contributed by atoms with van der Waals surface area (Å²) in [4.78, 5) is 12.0. The normalized spacial score (nSPS) is 10.6. The summed E-state index contributed by atoms with van der Waals surface area (Å²) >= 11 is 3.42. The van der Waals surface area contributed by atoms with Gasteiger partial charge < -0.3 is 5.32 Å². The summed E-state index contributed by atoms with van der Waals surface area (Å²) < 4.78 is 0.834.